The van der Waals surface area contributed by atoms with Gasteiger partial charge in [0.25, 0.3) is 0 Å². The van der Waals surface area contributed by atoms with Crippen LogP contribution >= 0.6 is 11.6 Å². The van der Waals surface area contributed by atoms with Crippen molar-refractivity contribution in [3.8, 4) is 0 Å². The van der Waals surface area contributed by atoms with Gasteiger partial charge < -0.3 is 5.32 Å². The molecular weight excluding hydrogens is 196 g/mol. The maximum Gasteiger partial charge on any atom is 0.224 e. The molecule has 2 aromatic rings. The lowest BCUT2D eigenvalue weighted by Gasteiger charge is -2.05. The molecule has 14 heavy (non-hydrogen) atoms. The lowest BCUT2D eigenvalue weighted by molar-refractivity contribution is 1.21. The molecule has 0 bridgehead atoms. The monoisotopic (exact) mass is 203 g/mol. The first kappa shape index (κ1) is 9.28. The van der Waals surface area contributed by atoms with Gasteiger partial charge in [0.05, 0.1) is 5.52 Å². The van der Waals surface area contributed by atoms with Crippen molar-refractivity contribution < 1.29 is 0 Å². The van der Waals surface area contributed by atoms with Crippen molar-refractivity contribution in [3.05, 3.63) is 23.5 Å². The van der Waals surface area contributed by atoms with E-state index in [1.165, 1.54) is 0 Å². The van der Waals surface area contributed by atoms with Crippen molar-refractivity contribution in [2.24, 2.45) is 0 Å². The van der Waals surface area contributed by atoms with Crippen molar-refractivity contribution in [3.63, 3.8) is 0 Å². The predicted octanol–water partition coefficient (Wildman–Crippen LogP) is 1.12. The first-order valence-electron chi connectivity index (χ1n) is 4.11. The summed E-state index contributed by atoms with van der Waals surface area (Å²) < 4.78 is 0. The Kier molecular flexibility index (Phi) is 2.29. The van der Waals surface area contributed by atoms with E-state index in [-0.39, 0.29) is 5.28 Å². The highest BCUT2D eigenvalue weighted by Crippen LogP contribution is 2.20. The molecule has 3 nitrogen and oxygen atoms in total. The van der Waals surface area contributed by atoms with Crippen LogP contribution in [0.1, 0.15) is 0 Å². The molecule has 68 valence electrons. The van der Waals surface area contributed by atoms with Crippen LogP contribution in [0.15, 0.2) is 18.2 Å². The Morgan fingerprint density at radius 1 is 1.36 bits per heavy atom. The largest absolute Gasteiger partial charge is 0.372 e. The van der Waals surface area contributed by atoms with Crippen LogP contribution < -0.4 is 10.8 Å². The van der Waals surface area contributed by atoms with Gasteiger partial charge in [-0.3, -0.25) is 0 Å². The standard InChI is InChI=1S/C9H7BClN3/c1-12-8-6-3-2-5(10)4-7(6)13-9(11)14-8/h2-4H,1H3,(H,12,13,14). The zero-order valence-corrected chi connectivity index (χ0v) is 8.34. The molecule has 0 aliphatic heterocycles. The van der Waals surface area contributed by atoms with Gasteiger partial charge in [-0.2, -0.15) is 0 Å². The highest BCUT2D eigenvalue weighted by atomic mass is 35.5. The number of hydrogen-bond acceptors (Lipinski definition) is 3. The molecule has 0 saturated heterocycles. The second-order valence-electron chi connectivity index (χ2n) is 2.87. The maximum absolute atomic E-state index is 5.75. The SMILES string of the molecule is [B]c1ccc2c(NC)nc(Cl)nc2c1. The van der Waals surface area contributed by atoms with E-state index in [9.17, 15) is 0 Å². The topological polar surface area (TPSA) is 37.8 Å². The van der Waals surface area contributed by atoms with Crippen LogP contribution in [0.2, 0.25) is 5.28 Å². The van der Waals surface area contributed by atoms with E-state index in [0.29, 0.717) is 11.3 Å². The van der Waals surface area contributed by atoms with Crippen LogP contribution in [0, 0.1) is 0 Å². The number of halogens is 1. The summed E-state index contributed by atoms with van der Waals surface area (Å²) in [6.07, 6.45) is 0. The molecule has 0 unspecified atom stereocenters. The third kappa shape index (κ3) is 1.53. The molecule has 1 N–H and O–H groups in total. The van der Waals surface area contributed by atoms with E-state index in [4.69, 9.17) is 19.4 Å². The van der Waals surface area contributed by atoms with Gasteiger partial charge in [-0.15, -0.1) is 0 Å². The van der Waals surface area contributed by atoms with E-state index in [0.717, 1.165) is 10.9 Å². The molecule has 1 aromatic heterocycles. The van der Waals surface area contributed by atoms with Gasteiger partial charge in [0.1, 0.15) is 13.7 Å². The van der Waals surface area contributed by atoms with Crippen LogP contribution in [-0.2, 0) is 0 Å². The van der Waals surface area contributed by atoms with Crippen LogP contribution in [0.25, 0.3) is 10.9 Å². The Morgan fingerprint density at radius 3 is 2.86 bits per heavy atom. The van der Waals surface area contributed by atoms with Gasteiger partial charge in [-0.05, 0) is 23.7 Å². The maximum atomic E-state index is 5.75. The zero-order valence-electron chi connectivity index (χ0n) is 7.58. The Balaban J connectivity index is 2.81. The van der Waals surface area contributed by atoms with E-state index in [1.54, 1.807) is 19.2 Å². The molecule has 0 saturated carbocycles. The summed E-state index contributed by atoms with van der Waals surface area (Å²) in [7, 11) is 7.43. The van der Waals surface area contributed by atoms with Crippen LogP contribution in [0.3, 0.4) is 0 Å². The van der Waals surface area contributed by atoms with Crippen molar-refractivity contribution in [1.82, 2.24) is 9.97 Å². The second-order valence-corrected chi connectivity index (χ2v) is 3.21. The third-order valence-electron chi connectivity index (χ3n) is 1.93. The van der Waals surface area contributed by atoms with Crippen molar-refractivity contribution >= 4 is 41.6 Å². The average Bonchev–Trinajstić information content (AvgIpc) is 2.15. The number of fused-ring (bicyclic) bond motifs is 1. The number of anilines is 1. The number of benzene rings is 1. The molecule has 1 heterocycles. The number of nitrogens with one attached hydrogen (secondary N) is 1. The van der Waals surface area contributed by atoms with E-state index in [2.05, 4.69) is 15.3 Å². The van der Waals surface area contributed by atoms with Gasteiger partial charge in [-0.1, -0.05) is 11.5 Å². The third-order valence-corrected chi connectivity index (χ3v) is 2.10. The summed E-state index contributed by atoms with van der Waals surface area (Å²) in [5, 5.41) is 4.08. The fraction of sp³-hybridized carbons (Fsp3) is 0.111. The van der Waals surface area contributed by atoms with E-state index < -0.39 is 0 Å². The fourth-order valence-corrected chi connectivity index (χ4v) is 1.48. The Labute approximate surface area is 87.9 Å². The van der Waals surface area contributed by atoms with Crippen molar-refractivity contribution in [2.45, 2.75) is 0 Å². The first-order valence-corrected chi connectivity index (χ1v) is 4.49. The number of rotatable bonds is 1. The van der Waals surface area contributed by atoms with Crippen molar-refractivity contribution in [2.75, 3.05) is 12.4 Å². The molecule has 0 aliphatic carbocycles. The number of aromatic nitrogens is 2. The van der Waals surface area contributed by atoms with Gasteiger partial charge in [-0.25, -0.2) is 9.97 Å². The first-order chi connectivity index (χ1) is 6.70. The Hall–Kier alpha value is -1.29. The molecular formula is C9H7BClN3. The van der Waals surface area contributed by atoms with Crippen LogP contribution in [0.4, 0.5) is 5.82 Å². The molecule has 0 atom stereocenters. The summed E-state index contributed by atoms with van der Waals surface area (Å²) in [6.45, 7) is 0. The Morgan fingerprint density at radius 2 is 2.14 bits per heavy atom. The minimum Gasteiger partial charge on any atom is -0.372 e. The summed E-state index contributed by atoms with van der Waals surface area (Å²) in [5.41, 5.74) is 1.41. The normalized spacial score (nSPS) is 10.4. The smallest absolute Gasteiger partial charge is 0.224 e. The predicted molar refractivity (Wildman–Crippen MR) is 59.5 cm³/mol. The molecule has 0 fully saturated rings. The highest BCUT2D eigenvalue weighted by Gasteiger charge is 2.04. The minimum atomic E-state index is 0.215. The zero-order chi connectivity index (χ0) is 10.1. The molecule has 1 aromatic carbocycles. The quantitative estimate of drug-likeness (QED) is 0.557. The van der Waals surface area contributed by atoms with E-state index >= 15 is 0 Å². The fourth-order valence-electron chi connectivity index (χ4n) is 1.31. The summed E-state index contributed by atoms with van der Waals surface area (Å²) in [5.74, 6) is 0.708. The number of nitrogens with zero attached hydrogens (tertiary/aromatic N) is 2. The summed E-state index contributed by atoms with van der Waals surface area (Å²) in [4.78, 5) is 8.13. The van der Waals surface area contributed by atoms with Gasteiger partial charge >= 0.3 is 0 Å². The molecule has 2 radical (unpaired) electrons. The van der Waals surface area contributed by atoms with Gasteiger partial charge in [0.2, 0.25) is 5.28 Å². The minimum absolute atomic E-state index is 0.215. The molecule has 2 rings (SSSR count). The molecule has 5 heteroatoms. The lowest BCUT2D eigenvalue weighted by Crippen LogP contribution is -2.03. The molecule has 0 spiro atoms. The molecule has 0 aliphatic rings. The lowest BCUT2D eigenvalue weighted by atomic mass is 9.95. The molecule has 0 amide bonds. The van der Waals surface area contributed by atoms with Crippen LogP contribution in [0.5, 0.6) is 0 Å². The van der Waals surface area contributed by atoms with Crippen molar-refractivity contribution in [1.29, 1.82) is 0 Å². The average molecular weight is 203 g/mol. The highest BCUT2D eigenvalue weighted by molar-refractivity contribution is 6.33. The summed E-state index contributed by atoms with van der Waals surface area (Å²) in [6, 6.07) is 5.44. The number of hydrogen-bond donors (Lipinski definition) is 1. The second kappa shape index (κ2) is 3.46. The Bertz CT molecular complexity index is 481. The summed E-state index contributed by atoms with van der Waals surface area (Å²) >= 11 is 5.75. The van der Waals surface area contributed by atoms with E-state index in [1.807, 2.05) is 6.07 Å². The van der Waals surface area contributed by atoms with Gasteiger partial charge in [0, 0.05) is 12.4 Å². The van der Waals surface area contributed by atoms with Gasteiger partial charge in [0.15, 0.2) is 0 Å². The van der Waals surface area contributed by atoms with Crippen LogP contribution in [-0.4, -0.2) is 24.9 Å².